The highest BCUT2D eigenvalue weighted by Gasteiger charge is 2.42. The Kier molecular flexibility index (Phi) is 4.17. The first-order valence-corrected chi connectivity index (χ1v) is 7.88. The lowest BCUT2D eigenvalue weighted by atomic mass is 9.96. The number of benzene rings is 1. The maximum Gasteiger partial charge on any atom is 0.230 e. The molecule has 0 unspecified atom stereocenters. The smallest absolute Gasteiger partial charge is 0.230 e. The Balaban J connectivity index is 1.66. The Morgan fingerprint density at radius 1 is 1.26 bits per heavy atom. The predicted molar refractivity (Wildman–Crippen MR) is 86.8 cm³/mol. The van der Waals surface area contributed by atoms with Crippen LogP contribution in [-0.4, -0.2) is 50.9 Å². The molecule has 1 saturated heterocycles. The first kappa shape index (κ1) is 15.7. The van der Waals surface area contributed by atoms with Crippen molar-refractivity contribution in [2.24, 2.45) is 7.05 Å². The molecule has 0 saturated carbocycles. The average molecular weight is 314 g/mol. The van der Waals surface area contributed by atoms with Crippen molar-refractivity contribution in [3.63, 3.8) is 0 Å². The topological polar surface area (TPSA) is 60.2 Å². The van der Waals surface area contributed by atoms with Crippen molar-refractivity contribution in [2.45, 2.75) is 25.9 Å². The van der Waals surface area contributed by atoms with Crippen LogP contribution in [0.1, 0.15) is 19.7 Å². The Morgan fingerprint density at radius 2 is 1.96 bits per heavy atom. The first-order valence-electron chi connectivity index (χ1n) is 7.88. The lowest BCUT2D eigenvalue weighted by Gasteiger charge is -2.47. The van der Waals surface area contributed by atoms with Gasteiger partial charge in [-0.05, 0) is 13.8 Å². The SMILES string of the molecule is CCOC1(C)CN(C(=O)Cc2nnc(-c3ccccc3)n2C)C1. The zero-order valence-corrected chi connectivity index (χ0v) is 13.8. The second-order valence-electron chi connectivity index (χ2n) is 6.17. The molecule has 0 radical (unpaired) electrons. The quantitative estimate of drug-likeness (QED) is 0.842. The normalized spacial score (nSPS) is 16.2. The van der Waals surface area contributed by atoms with E-state index in [9.17, 15) is 4.79 Å². The van der Waals surface area contributed by atoms with E-state index in [1.165, 1.54) is 0 Å². The van der Waals surface area contributed by atoms with Crippen molar-refractivity contribution >= 4 is 5.91 Å². The van der Waals surface area contributed by atoms with Crippen LogP contribution in [0.25, 0.3) is 11.4 Å². The number of hydrogen-bond donors (Lipinski definition) is 0. The third-order valence-corrected chi connectivity index (χ3v) is 4.20. The zero-order chi connectivity index (χ0) is 16.4. The molecule has 23 heavy (non-hydrogen) atoms. The van der Waals surface area contributed by atoms with E-state index in [1.807, 2.05) is 60.7 Å². The number of nitrogens with zero attached hydrogens (tertiary/aromatic N) is 4. The number of hydrogen-bond acceptors (Lipinski definition) is 4. The third-order valence-electron chi connectivity index (χ3n) is 4.20. The molecular formula is C17H22N4O2. The fourth-order valence-electron chi connectivity index (χ4n) is 2.98. The lowest BCUT2D eigenvalue weighted by Crippen LogP contribution is -2.63. The number of ether oxygens (including phenoxy) is 1. The number of carbonyl (C=O) groups excluding carboxylic acids is 1. The maximum absolute atomic E-state index is 12.4. The van der Waals surface area contributed by atoms with Crippen LogP contribution in [0.3, 0.4) is 0 Å². The maximum atomic E-state index is 12.4. The molecule has 1 aliphatic heterocycles. The van der Waals surface area contributed by atoms with Crippen LogP contribution in [0, 0.1) is 0 Å². The molecule has 1 aliphatic rings. The van der Waals surface area contributed by atoms with Crippen molar-refractivity contribution in [3.8, 4) is 11.4 Å². The molecule has 1 amide bonds. The summed E-state index contributed by atoms with van der Waals surface area (Å²) in [6.45, 7) is 5.96. The summed E-state index contributed by atoms with van der Waals surface area (Å²) in [4.78, 5) is 14.2. The molecule has 1 aromatic heterocycles. The number of rotatable bonds is 5. The van der Waals surface area contributed by atoms with Gasteiger partial charge in [-0.2, -0.15) is 0 Å². The van der Waals surface area contributed by atoms with E-state index in [1.54, 1.807) is 0 Å². The largest absolute Gasteiger partial charge is 0.372 e. The van der Waals surface area contributed by atoms with Gasteiger partial charge in [0, 0.05) is 19.2 Å². The van der Waals surface area contributed by atoms with Crippen LogP contribution < -0.4 is 0 Å². The average Bonchev–Trinajstić information content (AvgIpc) is 2.87. The highest BCUT2D eigenvalue weighted by atomic mass is 16.5. The minimum absolute atomic E-state index is 0.0669. The highest BCUT2D eigenvalue weighted by molar-refractivity contribution is 5.79. The van der Waals surface area contributed by atoms with E-state index in [4.69, 9.17) is 4.74 Å². The predicted octanol–water partition coefficient (Wildman–Crippen LogP) is 1.66. The van der Waals surface area contributed by atoms with E-state index >= 15 is 0 Å². The van der Waals surface area contributed by atoms with E-state index < -0.39 is 0 Å². The molecule has 0 bridgehead atoms. The molecule has 3 rings (SSSR count). The fourth-order valence-corrected chi connectivity index (χ4v) is 2.98. The summed E-state index contributed by atoms with van der Waals surface area (Å²) in [6, 6.07) is 9.85. The minimum Gasteiger partial charge on any atom is -0.372 e. The molecule has 1 fully saturated rings. The zero-order valence-electron chi connectivity index (χ0n) is 13.8. The van der Waals surface area contributed by atoms with Crippen LogP contribution >= 0.6 is 0 Å². The van der Waals surface area contributed by atoms with E-state index in [-0.39, 0.29) is 17.9 Å². The molecule has 6 nitrogen and oxygen atoms in total. The second-order valence-corrected chi connectivity index (χ2v) is 6.17. The van der Waals surface area contributed by atoms with Gasteiger partial charge < -0.3 is 14.2 Å². The second kappa shape index (κ2) is 6.12. The highest BCUT2D eigenvalue weighted by Crippen LogP contribution is 2.25. The monoisotopic (exact) mass is 314 g/mol. The summed E-state index contributed by atoms with van der Waals surface area (Å²) in [6.07, 6.45) is 0.262. The summed E-state index contributed by atoms with van der Waals surface area (Å²) in [7, 11) is 1.89. The Hall–Kier alpha value is -2.21. The molecule has 0 N–H and O–H groups in total. The van der Waals surface area contributed by atoms with Gasteiger partial charge >= 0.3 is 0 Å². The fraction of sp³-hybridized carbons (Fsp3) is 0.471. The van der Waals surface area contributed by atoms with Gasteiger partial charge in [0.2, 0.25) is 5.91 Å². The van der Waals surface area contributed by atoms with E-state index in [0.29, 0.717) is 25.5 Å². The minimum atomic E-state index is -0.195. The van der Waals surface area contributed by atoms with Crippen molar-refractivity contribution < 1.29 is 9.53 Å². The van der Waals surface area contributed by atoms with E-state index in [0.717, 1.165) is 11.4 Å². The van der Waals surface area contributed by atoms with Gasteiger partial charge in [0.25, 0.3) is 0 Å². The van der Waals surface area contributed by atoms with Crippen LogP contribution in [0.2, 0.25) is 0 Å². The molecule has 0 spiro atoms. The van der Waals surface area contributed by atoms with Gasteiger partial charge in [0.15, 0.2) is 5.82 Å². The van der Waals surface area contributed by atoms with Gasteiger partial charge in [0.1, 0.15) is 11.4 Å². The Bertz CT molecular complexity index is 690. The van der Waals surface area contributed by atoms with Gasteiger partial charge in [-0.1, -0.05) is 30.3 Å². The van der Waals surface area contributed by atoms with Crippen LogP contribution in [0.4, 0.5) is 0 Å². The van der Waals surface area contributed by atoms with Crippen molar-refractivity contribution in [2.75, 3.05) is 19.7 Å². The molecule has 2 aromatic rings. The summed E-state index contributed by atoms with van der Waals surface area (Å²) >= 11 is 0. The van der Waals surface area contributed by atoms with Gasteiger partial charge in [-0.15, -0.1) is 10.2 Å². The third kappa shape index (κ3) is 3.12. The van der Waals surface area contributed by atoms with Gasteiger partial charge in [-0.3, -0.25) is 4.79 Å². The molecule has 1 aromatic carbocycles. The van der Waals surface area contributed by atoms with Gasteiger partial charge in [-0.25, -0.2) is 0 Å². The van der Waals surface area contributed by atoms with Crippen molar-refractivity contribution in [1.82, 2.24) is 19.7 Å². The molecule has 6 heteroatoms. The van der Waals surface area contributed by atoms with Crippen molar-refractivity contribution in [3.05, 3.63) is 36.2 Å². The molecule has 2 heterocycles. The molecule has 122 valence electrons. The number of amides is 1. The summed E-state index contributed by atoms with van der Waals surface area (Å²) in [5.74, 6) is 1.52. The summed E-state index contributed by atoms with van der Waals surface area (Å²) in [5.41, 5.74) is 0.800. The summed E-state index contributed by atoms with van der Waals surface area (Å²) in [5, 5.41) is 8.40. The van der Waals surface area contributed by atoms with Crippen molar-refractivity contribution in [1.29, 1.82) is 0 Å². The molecule has 0 aliphatic carbocycles. The van der Waals surface area contributed by atoms with Crippen LogP contribution in [0.15, 0.2) is 30.3 Å². The lowest BCUT2D eigenvalue weighted by molar-refractivity contribution is -0.162. The van der Waals surface area contributed by atoms with Gasteiger partial charge in [0.05, 0.1) is 19.5 Å². The Morgan fingerprint density at radius 3 is 2.61 bits per heavy atom. The standard InChI is InChI=1S/C17H22N4O2/c1-4-23-17(2)11-21(12-17)15(22)10-14-18-19-16(20(14)3)13-8-6-5-7-9-13/h5-9H,4,10-12H2,1-3H3. The molecule has 0 atom stereocenters. The van der Waals surface area contributed by atoms with Crippen LogP contribution in [-0.2, 0) is 23.0 Å². The molecular weight excluding hydrogens is 292 g/mol. The van der Waals surface area contributed by atoms with E-state index in [2.05, 4.69) is 10.2 Å². The summed E-state index contributed by atoms with van der Waals surface area (Å²) < 4.78 is 7.54. The number of likely N-dealkylation sites (tertiary alicyclic amines) is 1. The first-order chi connectivity index (χ1) is 11.0. The number of carbonyl (C=O) groups is 1. The number of aromatic nitrogens is 3. The Labute approximate surface area is 136 Å². The van der Waals surface area contributed by atoms with Crippen LogP contribution in [0.5, 0.6) is 0 Å².